The third kappa shape index (κ3) is 2.77. The van der Waals surface area contributed by atoms with E-state index in [0.717, 1.165) is 30.3 Å². The highest BCUT2D eigenvalue weighted by molar-refractivity contribution is 5.99. The molecule has 1 fully saturated rings. The summed E-state index contributed by atoms with van der Waals surface area (Å²) >= 11 is 0. The molecule has 0 atom stereocenters. The van der Waals surface area contributed by atoms with Crippen LogP contribution in [0.25, 0.3) is 0 Å². The van der Waals surface area contributed by atoms with E-state index in [9.17, 15) is 14.4 Å². The van der Waals surface area contributed by atoms with Crippen LogP contribution in [0, 0.1) is 5.92 Å². The first-order valence-corrected chi connectivity index (χ1v) is 6.62. The molecule has 1 aromatic heterocycles. The average molecular weight is 265 g/mol. The van der Waals surface area contributed by atoms with Crippen molar-refractivity contribution in [1.82, 2.24) is 9.55 Å². The normalized spacial score (nSPS) is 16.5. The van der Waals surface area contributed by atoms with Crippen molar-refractivity contribution in [2.45, 2.75) is 38.5 Å². The largest absolute Gasteiger partial charge is 0.384 e. The number of aromatic nitrogens is 2. The number of nitrogens with zero attached hydrogens (tertiary/aromatic N) is 1. The van der Waals surface area contributed by atoms with Crippen molar-refractivity contribution in [2.24, 2.45) is 13.0 Å². The molecule has 6 nitrogen and oxygen atoms in total. The number of nitrogens with one attached hydrogen (secondary N) is 1. The molecule has 1 aliphatic rings. The van der Waals surface area contributed by atoms with Crippen LogP contribution in [-0.4, -0.2) is 15.3 Å². The fourth-order valence-electron chi connectivity index (χ4n) is 2.66. The topological polar surface area (TPSA) is 97.9 Å². The average Bonchev–Trinajstić information content (AvgIpc) is 2.37. The molecule has 2 rings (SSSR count). The maximum Gasteiger partial charge on any atom is 0.329 e. The van der Waals surface area contributed by atoms with E-state index in [-0.39, 0.29) is 17.2 Å². The number of ketones is 1. The number of carbonyl (C=O) groups excluding carboxylic acids is 1. The van der Waals surface area contributed by atoms with Crippen molar-refractivity contribution in [1.29, 1.82) is 0 Å². The number of anilines is 1. The highest BCUT2D eigenvalue weighted by atomic mass is 16.2. The Morgan fingerprint density at radius 1 is 1.32 bits per heavy atom. The summed E-state index contributed by atoms with van der Waals surface area (Å²) in [6, 6.07) is 0. The van der Waals surface area contributed by atoms with Crippen molar-refractivity contribution in [3.8, 4) is 0 Å². The highest BCUT2D eigenvalue weighted by Gasteiger charge is 2.22. The predicted molar refractivity (Wildman–Crippen MR) is 72.2 cm³/mol. The second-order valence-corrected chi connectivity index (χ2v) is 5.21. The number of nitrogen functional groups attached to an aromatic ring is 1. The number of aromatic amines is 1. The standard InChI is InChI=1S/C13H19N3O3/c1-16-11(14)10(12(18)15-13(16)19)9(17)7-8-5-3-2-4-6-8/h8H,2-7,14H2,1H3,(H,15,18,19). The molecule has 0 aromatic carbocycles. The minimum absolute atomic E-state index is 0.0467. The van der Waals surface area contributed by atoms with Gasteiger partial charge in [-0.05, 0) is 5.92 Å². The smallest absolute Gasteiger partial charge is 0.329 e. The van der Waals surface area contributed by atoms with E-state index in [0.29, 0.717) is 12.3 Å². The van der Waals surface area contributed by atoms with Crippen LogP contribution in [-0.2, 0) is 7.05 Å². The van der Waals surface area contributed by atoms with Crippen molar-refractivity contribution >= 4 is 11.6 Å². The van der Waals surface area contributed by atoms with Crippen molar-refractivity contribution in [3.63, 3.8) is 0 Å². The summed E-state index contributed by atoms with van der Waals surface area (Å²) in [5.41, 5.74) is 4.36. The summed E-state index contributed by atoms with van der Waals surface area (Å²) in [7, 11) is 1.44. The zero-order valence-electron chi connectivity index (χ0n) is 11.1. The Morgan fingerprint density at radius 2 is 1.95 bits per heavy atom. The summed E-state index contributed by atoms with van der Waals surface area (Å²) in [5, 5.41) is 0. The Kier molecular flexibility index (Phi) is 3.87. The second-order valence-electron chi connectivity index (χ2n) is 5.21. The minimum Gasteiger partial charge on any atom is -0.384 e. The Labute approximate surface area is 110 Å². The number of hydrogen-bond donors (Lipinski definition) is 2. The van der Waals surface area contributed by atoms with Gasteiger partial charge in [0.25, 0.3) is 5.56 Å². The Hall–Kier alpha value is -1.85. The van der Waals surface area contributed by atoms with Crippen molar-refractivity contribution in [3.05, 3.63) is 26.4 Å². The fourth-order valence-corrected chi connectivity index (χ4v) is 2.66. The van der Waals surface area contributed by atoms with Gasteiger partial charge in [0.2, 0.25) is 0 Å². The molecule has 0 amide bonds. The molecule has 104 valence electrons. The SMILES string of the molecule is Cn1c(N)c(C(=O)CC2CCCCC2)c(=O)[nH]c1=O. The van der Waals surface area contributed by atoms with Crippen molar-refractivity contribution in [2.75, 3.05) is 5.73 Å². The number of carbonyl (C=O) groups is 1. The van der Waals surface area contributed by atoms with Crippen LogP contribution in [0.1, 0.15) is 48.9 Å². The molecule has 1 heterocycles. The van der Waals surface area contributed by atoms with Crippen LogP contribution < -0.4 is 17.0 Å². The van der Waals surface area contributed by atoms with Gasteiger partial charge in [0.15, 0.2) is 5.78 Å². The number of H-pyrrole nitrogens is 1. The molecule has 0 radical (unpaired) electrons. The van der Waals surface area contributed by atoms with Gasteiger partial charge < -0.3 is 5.73 Å². The Balaban J connectivity index is 2.26. The molecular weight excluding hydrogens is 246 g/mol. The molecule has 0 aliphatic heterocycles. The lowest BCUT2D eigenvalue weighted by atomic mass is 9.85. The lowest BCUT2D eigenvalue weighted by molar-refractivity contribution is 0.0949. The van der Waals surface area contributed by atoms with E-state index in [2.05, 4.69) is 4.98 Å². The molecule has 0 spiro atoms. The molecule has 3 N–H and O–H groups in total. The quantitative estimate of drug-likeness (QED) is 0.790. The van der Waals surface area contributed by atoms with Crippen molar-refractivity contribution < 1.29 is 4.79 Å². The van der Waals surface area contributed by atoms with Gasteiger partial charge in [-0.15, -0.1) is 0 Å². The van der Waals surface area contributed by atoms with E-state index < -0.39 is 11.2 Å². The van der Waals surface area contributed by atoms with Crippen LogP contribution in [0.4, 0.5) is 5.82 Å². The molecule has 0 saturated heterocycles. The van der Waals surface area contributed by atoms with Gasteiger partial charge in [-0.25, -0.2) is 4.79 Å². The number of nitrogens with two attached hydrogens (primary N) is 1. The summed E-state index contributed by atoms with van der Waals surface area (Å²) < 4.78 is 1.09. The number of Topliss-reactive ketones (excluding diaryl/α,β-unsaturated/α-hetero) is 1. The van der Waals surface area contributed by atoms with E-state index in [1.807, 2.05) is 0 Å². The summed E-state index contributed by atoms with van der Waals surface area (Å²) in [4.78, 5) is 37.4. The summed E-state index contributed by atoms with van der Waals surface area (Å²) in [5.74, 6) is 0.0214. The first kappa shape index (κ1) is 13.6. The zero-order valence-corrected chi connectivity index (χ0v) is 11.1. The van der Waals surface area contributed by atoms with E-state index >= 15 is 0 Å². The molecule has 6 heteroatoms. The van der Waals surface area contributed by atoms with Gasteiger partial charge in [-0.3, -0.25) is 19.1 Å². The zero-order chi connectivity index (χ0) is 14.0. The fraction of sp³-hybridized carbons (Fsp3) is 0.615. The lowest BCUT2D eigenvalue weighted by Gasteiger charge is -2.20. The van der Waals surface area contributed by atoms with Crippen LogP contribution in [0.2, 0.25) is 0 Å². The van der Waals surface area contributed by atoms with E-state index in [1.165, 1.54) is 13.5 Å². The molecule has 0 unspecified atom stereocenters. The number of hydrogen-bond acceptors (Lipinski definition) is 4. The van der Waals surface area contributed by atoms with Gasteiger partial charge >= 0.3 is 5.69 Å². The van der Waals surface area contributed by atoms with Crippen LogP contribution >= 0.6 is 0 Å². The summed E-state index contributed by atoms with van der Waals surface area (Å²) in [6.45, 7) is 0. The van der Waals surface area contributed by atoms with Crippen LogP contribution in [0.15, 0.2) is 9.59 Å². The third-order valence-corrected chi connectivity index (χ3v) is 3.85. The summed E-state index contributed by atoms with van der Waals surface area (Å²) in [6.07, 6.45) is 5.87. The van der Waals surface area contributed by atoms with Gasteiger partial charge in [-0.1, -0.05) is 32.1 Å². The van der Waals surface area contributed by atoms with Crippen LogP contribution in [0.3, 0.4) is 0 Å². The highest BCUT2D eigenvalue weighted by Crippen LogP contribution is 2.27. The Bertz CT molecular complexity index is 594. The third-order valence-electron chi connectivity index (χ3n) is 3.85. The van der Waals surface area contributed by atoms with Gasteiger partial charge in [0.05, 0.1) is 0 Å². The van der Waals surface area contributed by atoms with E-state index in [4.69, 9.17) is 5.73 Å². The second kappa shape index (κ2) is 5.42. The monoisotopic (exact) mass is 265 g/mol. The molecule has 1 aliphatic carbocycles. The molecule has 1 aromatic rings. The van der Waals surface area contributed by atoms with Gasteiger partial charge in [0.1, 0.15) is 11.4 Å². The maximum absolute atomic E-state index is 12.2. The van der Waals surface area contributed by atoms with Crippen LogP contribution in [0.5, 0.6) is 0 Å². The molecule has 0 bridgehead atoms. The van der Waals surface area contributed by atoms with E-state index in [1.54, 1.807) is 0 Å². The molecular formula is C13H19N3O3. The maximum atomic E-state index is 12.2. The van der Waals surface area contributed by atoms with Gasteiger partial charge in [0, 0.05) is 13.5 Å². The molecule has 19 heavy (non-hydrogen) atoms. The number of rotatable bonds is 3. The Morgan fingerprint density at radius 3 is 2.58 bits per heavy atom. The van der Waals surface area contributed by atoms with Gasteiger partial charge in [-0.2, -0.15) is 0 Å². The minimum atomic E-state index is -0.679. The first-order valence-electron chi connectivity index (χ1n) is 6.62. The molecule has 1 saturated carbocycles. The predicted octanol–water partition coefficient (Wildman–Crippen LogP) is 0.809. The lowest BCUT2D eigenvalue weighted by Crippen LogP contribution is -2.35. The first-order chi connectivity index (χ1) is 9.00.